The van der Waals surface area contributed by atoms with E-state index in [1.807, 2.05) is 12.1 Å². The molecule has 0 saturated carbocycles. The lowest BCUT2D eigenvalue weighted by atomic mass is 10.1. The maximum absolute atomic E-state index is 12.2. The van der Waals surface area contributed by atoms with Crippen molar-refractivity contribution in [3.05, 3.63) is 69.2 Å². The van der Waals surface area contributed by atoms with Crippen LogP contribution >= 0.6 is 23.2 Å². The quantitative estimate of drug-likeness (QED) is 0.657. The van der Waals surface area contributed by atoms with Crippen molar-refractivity contribution in [2.24, 2.45) is 0 Å². The lowest BCUT2D eigenvalue weighted by molar-refractivity contribution is 0.866. The Bertz CT molecular complexity index is 1010. The smallest absolute Gasteiger partial charge is 0.259 e. The first-order valence-electron chi connectivity index (χ1n) is 8.44. The number of rotatable bonds is 5. The van der Waals surface area contributed by atoms with Crippen LogP contribution in [0.1, 0.15) is 25.2 Å². The van der Waals surface area contributed by atoms with Gasteiger partial charge in [0, 0.05) is 23.8 Å². The molecule has 0 spiro atoms. The molecule has 0 fully saturated rings. The third-order valence-electron chi connectivity index (χ3n) is 4.21. The largest absolute Gasteiger partial charge is 0.372 e. The molecule has 1 heterocycles. The molecule has 4 nitrogen and oxygen atoms in total. The van der Waals surface area contributed by atoms with Gasteiger partial charge >= 0.3 is 0 Å². The van der Waals surface area contributed by atoms with Gasteiger partial charge in [-0.25, -0.2) is 4.98 Å². The summed E-state index contributed by atoms with van der Waals surface area (Å²) in [6.07, 6.45) is 1.79. The van der Waals surface area contributed by atoms with E-state index in [1.165, 1.54) is 0 Å². The topological polar surface area (TPSA) is 49.0 Å². The molecule has 0 aliphatic rings. The van der Waals surface area contributed by atoms with Gasteiger partial charge in [0.25, 0.3) is 5.56 Å². The molecular formula is C20H19Cl2N3O. The second kappa shape index (κ2) is 7.94. The average Bonchev–Trinajstić information content (AvgIpc) is 2.64. The van der Waals surface area contributed by atoms with Gasteiger partial charge < -0.3 is 9.88 Å². The van der Waals surface area contributed by atoms with E-state index in [1.54, 1.807) is 24.3 Å². The van der Waals surface area contributed by atoms with Gasteiger partial charge in [-0.15, -0.1) is 0 Å². The maximum Gasteiger partial charge on any atom is 0.259 e. The molecule has 0 bridgehead atoms. The number of fused-ring (bicyclic) bond motifs is 1. The zero-order chi connectivity index (χ0) is 18.7. The highest BCUT2D eigenvalue weighted by Gasteiger charge is 2.08. The summed E-state index contributed by atoms with van der Waals surface area (Å²) in [6, 6.07) is 13.1. The van der Waals surface area contributed by atoms with Gasteiger partial charge in [0.05, 0.1) is 15.9 Å². The lowest BCUT2D eigenvalue weighted by Gasteiger charge is -2.20. The highest BCUT2D eigenvalue weighted by molar-refractivity contribution is 6.50. The first-order valence-corrected chi connectivity index (χ1v) is 9.19. The number of aromatic amines is 1. The molecule has 0 unspecified atom stereocenters. The summed E-state index contributed by atoms with van der Waals surface area (Å²) in [4.78, 5) is 21.6. The molecule has 0 aliphatic carbocycles. The van der Waals surface area contributed by atoms with E-state index in [0.717, 1.165) is 24.3 Å². The van der Waals surface area contributed by atoms with Crippen LogP contribution in [0, 0.1) is 0 Å². The number of hydrogen-bond acceptors (Lipinski definition) is 3. The van der Waals surface area contributed by atoms with E-state index in [4.69, 9.17) is 23.2 Å². The van der Waals surface area contributed by atoms with E-state index in [2.05, 4.69) is 40.8 Å². The van der Waals surface area contributed by atoms with Crippen molar-refractivity contribution in [1.29, 1.82) is 0 Å². The second-order valence-electron chi connectivity index (χ2n) is 5.83. The van der Waals surface area contributed by atoms with Crippen molar-refractivity contribution < 1.29 is 0 Å². The Balaban J connectivity index is 1.93. The number of nitrogens with one attached hydrogen (secondary N) is 1. The molecule has 26 heavy (non-hydrogen) atoms. The molecule has 3 aromatic rings. The van der Waals surface area contributed by atoms with E-state index in [-0.39, 0.29) is 5.56 Å². The minimum Gasteiger partial charge on any atom is -0.372 e. The normalized spacial score (nSPS) is 11.8. The van der Waals surface area contributed by atoms with Gasteiger partial charge in [0.2, 0.25) is 0 Å². The van der Waals surface area contributed by atoms with Crippen LogP contribution in [-0.2, 0) is 0 Å². The summed E-state index contributed by atoms with van der Waals surface area (Å²) in [5.74, 6) is 0.333. The minimum atomic E-state index is -0.268. The Labute approximate surface area is 162 Å². The van der Waals surface area contributed by atoms with Crippen LogP contribution < -0.4 is 10.5 Å². The summed E-state index contributed by atoms with van der Waals surface area (Å²) >= 11 is 12.3. The van der Waals surface area contributed by atoms with Crippen molar-refractivity contribution >= 4 is 50.9 Å². The second-order valence-corrected chi connectivity index (χ2v) is 6.68. The Morgan fingerprint density at radius 2 is 1.85 bits per heavy atom. The van der Waals surface area contributed by atoms with E-state index < -0.39 is 0 Å². The first kappa shape index (κ1) is 18.5. The summed E-state index contributed by atoms with van der Waals surface area (Å²) in [5.41, 5.74) is 2.38. The van der Waals surface area contributed by atoms with Crippen molar-refractivity contribution in [1.82, 2.24) is 9.97 Å². The Morgan fingerprint density at radius 1 is 1.15 bits per heavy atom. The van der Waals surface area contributed by atoms with Crippen LogP contribution in [0.5, 0.6) is 0 Å². The standard InChI is InChI=1S/C20H19Cl2N3O/c1-3-25(4-2)15-8-5-13(6-9-15)11-17(22)19-23-18-10-7-14(21)12-16(18)20(26)24-19/h5-12H,3-4H2,1-2H3,(H,23,24,26)/b17-11-. The molecule has 1 N–H and O–H groups in total. The SMILES string of the molecule is CCN(CC)c1ccc(/C=C(\Cl)c2nc3ccc(Cl)cc3c(=O)[nH]2)cc1. The Hall–Kier alpha value is -2.30. The maximum atomic E-state index is 12.2. The van der Waals surface area contributed by atoms with Crippen molar-refractivity contribution in [2.75, 3.05) is 18.0 Å². The van der Waals surface area contributed by atoms with Crippen LogP contribution in [0.15, 0.2) is 47.3 Å². The van der Waals surface area contributed by atoms with E-state index >= 15 is 0 Å². The number of H-pyrrole nitrogens is 1. The summed E-state index contributed by atoms with van der Waals surface area (Å²) in [7, 11) is 0. The number of benzene rings is 2. The van der Waals surface area contributed by atoms with Gasteiger partial charge in [-0.3, -0.25) is 4.79 Å². The number of aromatic nitrogens is 2. The van der Waals surface area contributed by atoms with Crippen molar-refractivity contribution in [3.8, 4) is 0 Å². The van der Waals surface area contributed by atoms with E-state index in [0.29, 0.717) is 26.8 Å². The number of hydrogen-bond donors (Lipinski definition) is 1. The summed E-state index contributed by atoms with van der Waals surface area (Å²) in [6.45, 7) is 6.17. The zero-order valence-electron chi connectivity index (χ0n) is 14.6. The fourth-order valence-corrected chi connectivity index (χ4v) is 3.20. The van der Waals surface area contributed by atoms with Crippen LogP contribution in [0.4, 0.5) is 5.69 Å². The first-order chi connectivity index (χ1) is 12.5. The third-order valence-corrected chi connectivity index (χ3v) is 4.73. The summed E-state index contributed by atoms with van der Waals surface area (Å²) < 4.78 is 0. The molecule has 0 aliphatic heterocycles. The predicted molar refractivity (Wildman–Crippen MR) is 111 cm³/mol. The molecule has 1 aromatic heterocycles. The van der Waals surface area contributed by atoms with Crippen molar-refractivity contribution in [3.63, 3.8) is 0 Å². The number of nitrogens with zero attached hydrogens (tertiary/aromatic N) is 2. The molecule has 6 heteroatoms. The van der Waals surface area contributed by atoms with Gasteiger partial charge in [-0.2, -0.15) is 0 Å². The van der Waals surface area contributed by atoms with Gasteiger partial charge in [-0.1, -0.05) is 35.3 Å². The molecule has 3 rings (SSSR count). The molecular weight excluding hydrogens is 369 g/mol. The molecule has 134 valence electrons. The number of halogens is 2. The highest BCUT2D eigenvalue weighted by atomic mass is 35.5. The number of anilines is 1. The van der Waals surface area contributed by atoms with Crippen molar-refractivity contribution in [2.45, 2.75) is 13.8 Å². The monoisotopic (exact) mass is 387 g/mol. The molecule has 0 radical (unpaired) electrons. The molecule has 0 atom stereocenters. The van der Waals surface area contributed by atoms with Gasteiger partial charge in [0.15, 0.2) is 5.82 Å². The van der Waals surface area contributed by atoms with Crippen LogP contribution in [0.3, 0.4) is 0 Å². The zero-order valence-corrected chi connectivity index (χ0v) is 16.1. The highest BCUT2D eigenvalue weighted by Crippen LogP contribution is 2.22. The van der Waals surface area contributed by atoms with Gasteiger partial charge in [0.1, 0.15) is 0 Å². The minimum absolute atomic E-state index is 0.268. The third kappa shape index (κ3) is 3.92. The van der Waals surface area contributed by atoms with E-state index in [9.17, 15) is 4.79 Å². The van der Waals surface area contributed by atoms with Crippen LogP contribution in [0.25, 0.3) is 22.0 Å². The lowest BCUT2D eigenvalue weighted by Crippen LogP contribution is -2.21. The molecule has 0 saturated heterocycles. The fourth-order valence-electron chi connectivity index (χ4n) is 2.81. The molecule has 0 amide bonds. The molecule has 2 aromatic carbocycles. The predicted octanol–water partition coefficient (Wildman–Crippen LogP) is 5.16. The fraction of sp³-hybridized carbons (Fsp3) is 0.200. The van der Waals surface area contributed by atoms with Crippen LogP contribution in [0.2, 0.25) is 5.02 Å². The van der Waals surface area contributed by atoms with Crippen LogP contribution in [-0.4, -0.2) is 23.1 Å². The van der Waals surface area contributed by atoms with Gasteiger partial charge in [-0.05, 0) is 55.8 Å². The Morgan fingerprint density at radius 3 is 2.50 bits per heavy atom. The Kier molecular flexibility index (Phi) is 5.64. The summed E-state index contributed by atoms with van der Waals surface area (Å²) in [5, 5.41) is 1.30. The average molecular weight is 388 g/mol.